The first-order chi connectivity index (χ1) is 23.7. The van der Waals surface area contributed by atoms with Gasteiger partial charge in [-0.05, 0) is 58.7 Å². The molecular formula is C44H28BrN3. The van der Waals surface area contributed by atoms with E-state index in [9.17, 15) is 0 Å². The predicted octanol–water partition coefficient (Wildman–Crippen LogP) is 12.2. The van der Waals surface area contributed by atoms with E-state index in [0.29, 0.717) is 5.82 Å². The smallest absolute Gasteiger partial charge is 0.160 e. The van der Waals surface area contributed by atoms with E-state index in [1.165, 1.54) is 33.0 Å². The number of hydrogen-bond acceptors (Lipinski definition) is 2. The number of fused-ring (bicyclic) bond motifs is 4. The van der Waals surface area contributed by atoms with Crippen LogP contribution in [0.3, 0.4) is 0 Å². The number of nitrogens with zero attached hydrogens (tertiary/aromatic N) is 3. The summed E-state index contributed by atoms with van der Waals surface area (Å²) in [6.07, 6.45) is 0. The first-order valence-electron chi connectivity index (χ1n) is 16.0. The summed E-state index contributed by atoms with van der Waals surface area (Å²) in [5, 5.41) is 3.44. The molecule has 7 aromatic carbocycles. The second-order valence-corrected chi connectivity index (χ2v) is 12.8. The second-order valence-electron chi connectivity index (χ2n) is 12.0. The summed E-state index contributed by atoms with van der Waals surface area (Å²) in [7, 11) is 0. The first kappa shape index (κ1) is 28.4. The molecule has 2 aromatic heterocycles. The zero-order valence-corrected chi connectivity index (χ0v) is 27.5. The molecule has 0 aliphatic rings. The predicted molar refractivity (Wildman–Crippen MR) is 203 cm³/mol. The molecule has 2 heterocycles. The van der Waals surface area contributed by atoms with E-state index in [4.69, 9.17) is 9.97 Å². The van der Waals surface area contributed by atoms with E-state index < -0.39 is 0 Å². The summed E-state index contributed by atoms with van der Waals surface area (Å²) in [6.45, 7) is 0. The van der Waals surface area contributed by atoms with Crippen molar-refractivity contribution in [1.82, 2.24) is 14.5 Å². The monoisotopic (exact) mass is 677 g/mol. The van der Waals surface area contributed by atoms with Gasteiger partial charge in [0.25, 0.3) is 0 Å². The maximum Gasteiger partial charge on any atom is 0.160 e. The van der Waals surface area contributed by atoms with Crippen molar-refractivity contribution in [2.75, 3.05) is 0 Å². The van der Waals surface area contributed by atoms with Crippen LogP contribution >= 0.6 is 15.9 Å². The van der Waals surface area contributed by atoms with Crippen LogP contribution in [0.4, 0.5) is 0 Å². The van der Waals surface area contributed by atoms with Gasteiger partial charge in [-0.2, -0.15) is 0 Å². The van der Waals surface area contributed by atoms with Gasteiger partial charge >= 0.3 is 0 Å². The molecule has 0 aliphatic heterocycles. The van der Waals surface area contributed by atoms with Gasteiger partial charge in [-0.25, -0.2) is 9.97 Å². The molecule has 0 saturated heterocycles. The van der Waals surface area contributed by atoms with Gasteiger partial charge in [-0.3, -0.25) is 0 Å². The molecule has 0 aliphatic carbocycles. The van der Waals surface area contributed by atoms with Crippen molar-refractivity contribution < 1.29 is 0 Å². The third kappa shape index (κ3) is 4.90. The van der Waals surface area contributed by atoms with Gasteiger partial charge in [0.15, 0.2) is 5.82 Å². The van der Waals surface area contributed by atoms with Crippen LogP contribution in [0.2, 0.25) is 0 Å². The van der Waals surface area contributed by atoms with Crippen molar-refractivity contribution in [3.63, 3.8) is 0 Å². The van der Waals surface area contributed by atoms with Crippen LogP contribution in [0.1, 0.15) is 0 Å². The van der Waals surface area contributed by atoms with Crippen LogP contribution in [-0.2, 0) is 0 Å². The van der Waals surface area contributed by atoms with Gasteiger partial charge < -0.3 is 4.57 Å². The summed E-state index contributed by atoms with van der Waals surface area (Å²) >= 11 is 3.70. The van der Waals surface area contributed by atoms with Crippen LogP contribution in [0.25, 0.3) is 83.3 Å². The molecule has 0 spiro atoms. The molecule has 3 nitrogen and oxygen atoms in total. The Labute approximate surface area is 286 Å². The van der Waals surface area contributed by atoms with Crippen LogP contribution in [0.15, 0.2) is 174 Å². The molecule has 0 fully saturated rings. The summed E-state index contributed by atoms with van der Waals surface area (Å²) in [6, 6.07) is 59.8. The molecule has 0 amide bonds. The largest absolute Gasteiger partial charge is 0.309 e. The van der Waals surface area contributed by atoms with Crippen LogP contribution < -0.4 is 0 Å². The third-order valence-corrected chi connectivity index (χ3v) is 9.79. The first-order valence-corrected chi connectivity index (χ1v) is 16.8. The molecule has 0 atom stereocenters. The quantitative estimate of drug-likeness (QED) is 0.181. The fraction of sp³-hybridized carbons (Fsp3) is 0. The highest BCUT2D eigenvalue weighted by molar-refractivity contribution is 9.10. The summed E-state index contributed by atoms with van der Waals surface area (Å²) < 4.78 is 3.46. The van der Waals surface area contributed by atoms with Gasteiger partial charge in [-0.15, -0.1) is 0 Å². The minimum atomic E-state index is 0.713. The zero-order chi connectivity index (χ0) is 32.0. The average Bonchev–Trinajstić information content (AvgIpc) is 3.48. The molecule has 4 heteroatoms. The highest BCUT2D eigenvalue weighted by Gasteiger charge is 2.17. The van der Waals surface area contributed by atoms with E-state index in [-0.39, 0.29) is 0 Å². The van der Waals surface area contributed by atoms with E-state index >= 15 is 0 Å². The Morgan fingerprint density at radius 3 is 1.75 bits per heavy atom. The van der Waals surface area contributed by atoms with Crippen molar-refractivity contribution in [1.29, 1.82) is 0 Å². The van der Waals surface area contributed by atoms with Crippen molar-refractivity contribution in [2.45, 2.75) is 0 Å². The van der Waals surface area contributed by atoms with Crippen molar-refractivity contribution in [2.24, 2.45) is 0 Å². The van der Waals surface area contributed by atoms with Crippen molar-refractivity contribution >= 4 is 48.6 Å². The molecule has 0 saturated carbocycles. The van der Waals surface area contributed by atoms with Gasteiger partial charge in [0.2, 0.25) is 0 Å². The third-order valence-electron chi connectivity index (χ3n) is 9.09. The van der Waals surface area contributed by atoms with E-state index in [1.807, 2.05) is 24.3 Å². The molecule has 226 valence electrons. The lowest BCUT2D eigenvalue weighted by Gasteiger charge is -2.11. The Balaban J connectivity index is 1.22. The molecule has 9 rings (SSSR count). The molecule has 0 N–H and O–H groups in total. The molecule has 0 unspecified atom stereocenters. The highest BCUT2D eigenvalue weighted by atomic mass is 79.9. The maximum absolute atomic E-state index is 5.17. The number of halogens is 1. The molecular weight excluding hydrogens is 650 g/mol. The highest BCUT2D eigenvalue weighted by Crippen LogP contribution is 2.38. The molecule has 0 radical (unpaired) electrons. The number of aromatic nitrogens is 3. The van der Waals surface area contributed by atoms with Gasteiger partial charge in [-0.1, -0.05) is 149 Å². The summed E-state index contributed by atoms with van der Waals surface area (Å²) in [5.41, 5.74) is 12.0. The molecule has 48 heavy (non-hydrogen) atoms. The molecule has 9 aromatic rings. The number of hydrogen-bond donors (Lipinski definition) is 0. The summed E-state index contributed by atoms with van der Waals surface area (Å²) in [5.74, 6) is 0.713. The van der Waals surface area contributed by atoms with Crippen LogP contribution in [-0.4, -0.2) is 14.5 Å². The number of benzene rings is 7. The van der Waals surface area contributed by atoms with Crippen molar-refractivity contribution in [3.8, 4) is 50.6 Å². The fourth-order valence-corrected chi connectivity index (χ4v) is 7.27. The Bertz CT molecular complexity index is 2610. The Morgan fingerprint density at radius 2 is 1.00 bits per heavy atom. The minimum absolute atomic E-state index is 0.713. The van der Waals surface area contributed by atoms with Crippen molar-refractivity contribution in [3.05, 3.63) is 174 Å². The topological polar surface area (TPSA) is 30.7 Å². The zero-order valence-electron chi connectivity index (χ0n) is 25.9. The van der Waals surface area contributed by atoms with Crippen LogP contribution in [0, 0.1) is 0 Å². The maximum atomic E-state index is 5.17. The Morgan fingerprint density at radius 1 is 0.417 bits per heavy atom. The Hall–Kier alpha value is -5.84. The number of rotatable bonds is 5. The number of para-hydroxylation sites is 2. The van der Waals surface area contributed by atoms with Gasteiger partial charge in [0.1, 0.15) is 0 Å². The lowest BCUT2D eigenvalue weighted by Crippen LogP contribution is -1.96. The standard InChI is InChI=1S/C44H28BrN3/c45-39-17-9-7-15-35(39)30-21-19-29(20-22-30)32-23-25-36-37-26-24-33(28-42(37)48(41(36)27-32)34-13-5-2-6-14-34)44-46-40-18-10-8-16-38(40)43(47-44)31-11-3-1-4-12-31/h1-28H. The minimum Gasteiger partial charge on any atom is -0.309 e. The molecule has 0 bridgehead atoms. The fourth-order valence-electron chi connectivity index (χ4n) is 6.75. The van der Waals surface area contributed by atoms with Crippen LogP contribution in [0.5, 0.6) is 0 Å². The van der Waals surface area contributed by atoms with E-state index in [0.717, 1.165) is 48.9 Å². The van der Waals surface area contributed by atoms with Gasteiger partial charge in [0.05, 0.1) is 22.2 Å². The SMILES string of the molecule is Brc1ccccc1-c1ccc(-c2ccc3c4ccc(-c5nc(-c6ccccc6)c6ccccc6n5)cc4n(-c4ccccc4)c3c2)cc1. The lowest BCUT2D eigenvalue weighted by atomic mass is 9.99. The van der Waals surface area contributed by atoms with E-state index in [2.05, 4.69) is 166 Å². The summed E-state index contributed by atoms with van der Waals surface area (Å²) in [4.78, 5) is 10.2. The average molecular weight is 679 g/mol. The Kier molecular flexibility index (Phi) is 6.95. The normalized spacial score (nSPS) is 11.4. The van der Waals surface area contributed by atoms with Gasteiger partial charge in [0, 0.05) is 37.4 Å². The van der Waals surface area contributed by atoms with E-state index in [1.54, 1.807) is 0 Å². The second kappa shape index (κ2) is 11.8. The lowest BCUT2D eigenvalue weighted by molar-refractivity contribution is 1.18.